The molecular formula is C16H16F2N4O2S. The molecule has 0 bridgehead atoms. The SMILES string of the molecule is Oc1c([C@H](c2cccc(OC(F)F)c2)N2CCCC2)sc2ncnn12. The molecule has 1 atom stereocenters. The Morgan fingerprint density at radius 2 is 2.04 bits per heavy atom. The molecule has 3 aromatic rings. The van der Waals surface area contributed by atoms with Gasteiger partial charge in [0.05, 0.1) is 10.9 Å². The Bertz CT molecular complexity index is 876. The molecule has 1 aliphatic heterocycles. The van der Waals surface area contributed by atoms with Crippen LogP contribution in [-0.2, 0) is 0 Å². The number of nitrogens with zero attached hydrogens (tertiary/aromatic N) is 4. The van der Waals surface area contributed by atoms with E-state index in [0.717, 1.165) is 31.5 Å². The van der Waals surface area contributed by atoms with Crippen LogP contribution in [-0.4, -0.2) is 44.3 Å². The van der Waals surface area contributed by atoms with Gasteiger partial charge in [-0.25, -0.2) is 4.98 Å². The second-order valence-electron chi connectivity index (χ2n) is 5.84. The molecule has 0 aliphatic carbocycles. The minimum atomic E-state index is -2.87. The van der Waals surface area contributed by atoms with E-state index in [0.29, 0.717) is 9.84 Å². The predicted octanol–water partition coefficient (Wildman–Crippen LogP) is 3.28. The molecule has 25 heavy (non-hydrogen) atoms. The second-order valence-corrected chi connectivity index (χ2v) is 6.85. The van der Waals surface area contributed by atoms with Crippen molar-refractivity contribution in [3.63, 3.8) is 0 Å². The van der Waals surface area contributed by atoms with Crippen LogP contribution in [0.15, 0.2) is 30.6 Å². The summed E-state index contributed by atoms with van der Waals surface area (Å²) in [6, 6.07) is 6.39. The minimum absolute atomic E-state index is 0.0366. The third kappa shape index (κ3) is 3.05. The van der Waals surface area contributed by atoms with Crippen molar-refractivity contribution >= 4 is 16.3 Å². The molecule has 1 aromatic carbocycles. The van der Waals surface area contributed by atoms with Crippen molar-refractivity contribution in [2.45, 2.75) is 25.5 Å². The number of ether oxygens (including phenoxy) is 1. The summed E-state index contributed by atoms with van der Waals surface area (Å²) < 4.78 is 31.0. The van der Waals surface area contributed by atoms with Gasteiger partial charge >= 0.3 is 6.61 Å². The molecule has 0 unspecified atom stereocenters. The summed E-state index contributed by atoms with van der Waals surface area (Å²) in [7, 11) is 0. The van der Waals surface area contributed by atoms with Gasteiger partial charge in [0.1, 0.15) is 12.1 Å². The van der Waals surface area contributed by atoms with Crippen molar-refractivity contribution < 1.29 is 18.6 Å². The van der Waals surface area contributed by atoms with Crippen LogP contribution < -0.4 is 4.74 Å². The molecule has 132 valence electrons. The van der Waals surface area contributed by atoms with Gasteiger partial charge in [-0.15, -0.1) is 0 Å². The molecule has 9 heteroatoms. The molecule has 3 heterocycles. The normalized spacial score (nSPS) is 16.8. The molecule has 6 nitrogen and oxygen atoms in total. The van der Waals surface area contributed by atoms with E-state index < -0.39 is 6.61 Å². The van der Waals surface area contributed by atoms with Crippen molar-refractivity contribution in [3.8, 4) is 11.6 Å². The maximum atomic E-state index is 12.5. The summed E-state index contributed by atoms with van der Waals surface area (Å²) in [5, 5.41) is 14.6. The Hall–Kier alpha value is -2.26. The number of hydrogen-bond acceptors (Lipinski definition) is 6. The van der Waals surface area contributed by atoms with Crippen molar-refractivity contribution in [2.75, 3.05) is 13.1 Å². The molecule has 0 amide bonds. The van der Waals surface area contributed by atoms with Crippen LogP contribution in [0.25, 0.3) is 4.96 Å². The van der Waals surface area contributed by atoms with E-state index in [-0.39, 0.29) is 17.7 Å². The fourth-order valence-electron chi connectivity index (χ4n) is 3.26. The highest BCUT2D eigenvalue weighted by Gasteiger charge is 2.31. The summed E-state index contributed by atoms with van der Waals surface area (Å²) in [4.78, 5) is 7.65. The van der Waals surface area contributed by atoms with Crippen molar-refractivity contribution in [1.82, 2.24) is 19.5 Å². The van der Waals surface area contributed by atoms with Gasteiger partial charge in [-0.1, -0.05) is 23.5 Å². The maximum Gasteiger partial charge on any atom is 0.387 e. The number of likely N-dealkylation sites (tertiary alicyclic amines) is 1. The van der Waals surface area contributed by atoms with Crippen LogP contribution in [0.5, 0.6) is 11.6 Å². The third-order valence-corrected chi connectivity index (χ3v) is 5.38. The Kier molecular flexibility index (Phi) is 4.26. The number of hydrogen-bond donors (Lipinski definition) is 1. The first-order valence-corrected chi connectivity index (χ1v) is 8.75. The van der Waals surface area contributed by atoms with Crippen LogP contribution in [0, 0.1) is 0 Å². The Labute approximate surface area is 146 Å². The van der Waals surface area contributed by atoms with Gasteiger partial charge < -0.3 is 9.84 Å². The lowest BCUT2D eigenvalue weighted by molar-refractivity contribution is -0.0499. The number of benzene rings is 1. The number of aromatic hydroxyl groups is 1. The lowest BCUT2D eigenvalue weighted by Crippen LogP contribution is -2.26. The Balaban J connectivity index is 1.78. The molecule has 1 fully saturated rings. The quantitative estimate of drug-likeness (QED) is 0.751. The van der Waals surface area contributed by atoms with Crippen LogP contribution in [0.4, 0.5) is 8.78 Å². The van der Waals surface area contributed by atoms with Crippen LogP contribution >= 0.6 is 11.3 Å². The highest BCUT2D eigenvalue weighted by atomic mass is 32.1. The van der Waals surface area contributed by atoms with Crippen LogP contribution in [0.3, 0.4) is 0 Å². The van der Waals surface area contributed by atoms with Crippen molar-refractivity contribution in [3.05, 3.63) is 41.0 Å². The van der Waals surface area contributed by atoms with Gasteiger partial charge in [0, 0.05) is 0 Å². The summed E-state index contributed by atoms with van der Waals surface area (Å²) in [6.45, 7) is -1.13. The van der Waals surface area contributed by atoms with Crippen molar-refractivity contribution in [1.29, 1.82) is 0 Å². The summed E-state index contributed by atoms with van der Waals surface area (Å²) >= 11 is 1.35. The molecule has 1 saturated heterocycles. The van der Waals surface area contributed by atoms with E-state index in [1.165, 1.54) is 28.2 Å². The van der Waals surface area contributed by atoms with E-state index >= 15 is 0 Å². The smallest absolute Gasteiger partial charge is 0.387 e. The minimum Gasteiger partial charge on any atom is -0.492 e. The fraction of sp³-hybridized carbons (Fsp3) is 0.375. The number of fused-ring (bicyclic) bond motifs is 1. The van der Waals surface area contributed by atoms with Gasteiger partial charge in [0.25, 0.3) is 0 Å². The lowest BCUT2D eigenvalue weighted by Gasteiger charge is -2.27. The predicted molar refractivity (Wildman–Crippen MR) is 88.3 cm³/mol. The van der Waals surface area contributed by atoms with Crippen LogP contribution in [0.2, 0.25) is 0 Å². The summed E-state index contributed by atoms with van der Waals surface area (Å²) in [6.07, 6.45) is 3.51. The maximum absolute atomic E-state index is 12.5. The number of halogens is 2. The third-order valence-electron chi connectivity index (χ3n) is 4.29. The van der Waals surface area contributed by atoms with Gasteiger partial charge in [-0.05, 0) is 43.6 Å². The first-order valence-electron chi connectivity index (χ1n) is 7.93. The molecular weight excluding hydrogens is 350 g/mol. The topological polar surface area (TPSA) is 62.9 Å². The first-order chi connectivity index (χ1) is 12.1. The largest absolute Gasteiger partial charge is 0.492 e. The highest BCUT2D eigenvalue weighted by Crippen LogP contribution is 2.41. The second kappa shape index (κ2) is 6.57. The average Bonchev–Trinajstić information content (AvgIpc) is 3.29. The molecule has 0 radical (unpaired) electrons. The van der Waals surface area contributed by atoms with Gasteiger partial charge in [0.2, 0.25) is 10.8 Å². The van der Waals surface area contributed by atoms with Gasteiger partial charge in [0.15, 0.2) is 0 Å². The standard InChI is InChI=1S/C16H16F2N4O2S/c17-15(18)24-11-5-3-4-10(8-11)12(21-6-1-2-7-21)13-14(23)22-16(25-13)19-9-20-22/h3-5,8-9,12,15,23H,1-2,6-7H2/t12-/m0/s1. The number of rotatable bonds is 5. The van der Waals surface area contributed by atoms with E-state index in [4.69, 9.17) is 0 Å². The van der Waals surface area contributed by atoms with Crippen molar-refractivity contribution in [2.24, 2.45) is 0 Å². The lowest BCUT2D eigenvalue weighted by atomic mass is 10.0. The van der Waals surface area contributed by atoms with Crippen LogP contribution in [0.1, 0.15) is 29.3 Å². The zero-order chi connectivity index (χ0) is 17.4. The zero-order valence-electron chi connectivity index (χ0n) is 13.2. The van der Waals surface area contributed by atoms with E-state index in [2.05, 4.69) is 19.7 Å². The van der Waals surface area contributed by atoms with E-state index in [9.17, 15) is 13.9 Å². The summed E-state index contributed by atoms with van der Waals surface area (Å²) in [5.74, 6) is 0.144. The molecule has 4 rings (SSSR count). The van der Waals surface area contributed by atoms with E-state index in [1.54, 1.807) is 12.1 Å². The Morgan fingerprint density at radius 1 is 1.24 bits per heavy atom. The Morgan fingerprint density at radius 3 is 2.76 bits per heavy atom. The molecule has 1 N–H and O–H groups in total. The fourth-order valence-corrected chi connectivity index (χ4v) is 4.35. The molecule has 2 aromatic heterocycles. The first kappa shape index (κ1) is 16.2. The zero-order valence-corrected chi connectivity index (χ0v) is 14.0. The monoisotopic (exact) mass is 366 g/mol. The number of alkyl halides is 2. The summed E-state index contributed by atoms with van der Waals surface area (Å²) in [5.41, 5.74) is 0.792. The van der Waals surface area contributed by atoms with Gasteiger partial charge in [-0.2, -0.15) is 18.4 Å². The molecule has 0 spiro atoms. The molecule has 1 aliphatic rings. The average molecular weight is 366 g/mol. The highest BCUT2D eigenvalue weighted by molar-refractivity contribution is 7.17. The number of thiazole rings is 1. The van der Waals surface area contributed by atoms with Gasteiger partial charge in [-0.3, -0.25) is 4.90 Å². The van der Waals surface area contributed by atoms with E-state index in [1.807, 2.05) is 6.07 Å². The number of aromatic nitrogens is 3. The molecule has 0 saturated carbocycles.